The van der Waals surface area contributed by atoms with Gasteiger partial charge in [-0.1, -0.05) is 31.2 Å². The molecule has 0 amide bonds. The molecule has 1 heterocycles. The molecule has 0 saturated heterocycles. The van der Waals surface area contributed by atoms with E-state index in [1.54, 1.807) is 0 Å². The number of rotatable bonds is 2. The molecule has 2 nitrogen and oxygen atoms in total. The zero-order valence-electron chi connectivity index (χ0n) is 10.1. The fourth-order valence-corrected chi connectivity index (χ4v) is 1.90. The monoisotopic (exact) mass is 215 g/mol. The first-order chi connectivity index (χ1) is 7.72. The smallest absolute Gasteiger partial charge is 0.130 e. The standard InChI is InChI=1S/C14H17NO/c1-4-13-11(3)16-9-14(15-13)12-8-6-5-7-10(12)2/h5-8H,4,9H2,1-3H3. The van der Waals surface area contributed by atoms with Crippen molar-refractivity contribution in [2.75, 3.05) is 6.61 Å². The molecule has 1 aliphatic rings. The summed E-state index contributed by atoms with van der Waals surface area (Å²) in [5.74, 6) is 0.958. The molecule has 2 rings (SSSR count). The lowest BCUT2D eigenvalue weighted by atomic mass is 10.0. The van der Waals surface area contributed by atoms with E-state index in [9.17, 15) is 0 Å². The van der Waals surface area contributed by atoms with Crippen molar-refractivity contribution in [3.63, 3.8) is 0 Å². The van der Waals surface area contributed by atoms with Crippen LogP contribution in [-0.2, 0) is 4.74 Å². The van der Waals surface area contributed by atoms with Gasteiger partial charge in [0.1, 0.15) is 12.4 Å². The third-order valence-electron chi connectivity index (χ3n) is 2.89. The lowest BCUT2D eigenvalue weighted by Gasteiger charge is -2.18. The second kappa shape index (κ2) is 4.52. The van der Waals surface area contributed by atoms with Crippen LogP contribution in [0, 0.1) is 6.92 Å². The Morgan fingerprint density at radius 1 is 1.25 bits per heavy atom. The summed E-state index contributed by atoms with van der Waals surface area (Å²) in [7, 11) is 0. The molecule has 0 aromatic heterocycles. The molecule has 1 aromatic rings. The van der Waals surface area contributed by atoms with Crippen LogP contribution in [-0.4, -0.2) is 12.3 Å². The molecule has 1 aromatic carbocycles. The van der Waals surface area contributed by atoms with Gasteiger partial charge in [-0.3, -0.25) is 4.99 Å². The van der Waals surface area contributed by atoms with Gasteiger partial charge in [0.15, 0.2) is 0 Å². The summed E-state index contributed by atoms with van der Waals surface area (Å²) in [6.45, 7) is 6.78. The summed E-state index contributed by atoms with van der Waals surface area (Å²) in [5.41, 5.74) is 4.55. The number of aryl methyl sites for hydroxylation is 1. The Labute approximate surface area is 96.7 Å². The van der Waals surface area contributed by atoms with Crippen molar-refractivity contribution in [1.82, 2.24) is 0 Å². The summed E-state index contributed by atoms with van der Waals surface area (Å²) in [6, 6.07) is 8.30. The number of allylic oxidation sites excluding steroid dienone is 2. The van der Waals surface area contributed by atoms with Gasteiger partial charge in [-0.2, -0.15) is 0 Å². The van der Waals surface area contributed by atoms with Gasteiger partial charge in [0, 0.05) is 5.56 Å². The van der Waals surface area contributed by atoms with Gasteiger partial charge in [-0.25, -0.2) is 0 Å². The van der Waals surface area contributed by atoms with Gasteiger partial charge in [0.05, 0.1) is 11.4 Å². The molecule has 16 heavy (non-hydrogen) atoms. The molecule has 0 spiro atoms. The minimum atomic E-state index is 0.584. The van der Waals surface area contributed by atoms with E-state index >= 15 is 0 Å². The van der Waals surface area contributed by atoms with Gasteiger partial charge in [-0.05, 0) is 25.8 Å². The average Bonchev–Trinajstić information content (AvgIpc) is 2.31. The molecular formula is C14H17NO. The molecule has 0 saturated carbocycles. The van der Waals surface area contributed by atoms with E-state index in [2.05, 4.69) is 31.0 Å². The van der Waals surface area contributed by atoms with Crippen LogP contribution >= 0.6 is 0 Å². The highest BCUT2D eigenvalue weighted by atomic mass is 16.5. The quantitative estimate of drug-likeness (QED) is 0.740. The first-order valence-corrected chi connectivity index (χ1v) is 5.68. The van der Waals surface area contributed by atoms with Gasteiger partial charge in [0.25, 0.3) is 0 Å². The van der Waals surface area contributed by atoms with Crippen molar-refractivity contribution in [2.45, 2.75) is 27.2 Å². The van der Waals surface area contributed by atoms with Crippen LogP contribution in [0.4, 0.5) is 0 Å². The number of hydrogen-bond acceptors (Lipinski definition) is 2. The van der Waals surface area contributed by atoms with Gasteiger partial charge in [0.2, 0.25) is 0 Å². The SMILES string of the molecule is CCC1=C(C)OCC(c2ccccc2C)=N1. The van der Waals surface area contributed by atoms with E-state index in [1.807, 2.05) is 19.1 Å². The molecule has 2 heteroatoms. The molecule has 0 N–H and O–H groups in total. The number of aliphatic imine (C=N–C) groups is 1. The van der Waals surface area contributed by atoms with Crippen molar-refractivity contribution in [2.24, 2.45) is 4.99 Å². The van der Waals surface area contributed by atoms with E-state index in [4.69, 9.17) is 4.74 Å². The highest BCUT2D eigenvalue weighted by Crippen LogP contribution is 2.20. The summed E-state index contributed by atoms with van der Waals surface area (Å²) in [6.07, 6.45) is 0.918. The summed E-state index contributed by atoms with van der Waals surface area (Å²) in [4.78, 5) is 4.68. The Bertz CT molecular complexity index is 458. The van der Waals surface area contributed by atoms with Crippen LogP contribution in [0.2, 0.25) is 0 Å². The maximum Gasteiger partial charge on any atom is 0.130 e. The summed E-state index contributed by atoms with van der Waals surface area (Å²) >= 11 is 0. The first-order valence-electron chi connectivity index (χ1n) is 5.68. The Morgan fingerprint density at radius 3 is 2.69 bits per heavy atom. The zero-order valence-corrected chi connectivity index (χ0v) is 10.1. The summed E-state index contributed by atoms with van der Waals surface area (Å²) in [5, 5.41) is 0. The van der Waals surface area contributed by atoms with E-state index in [-0.39, 0.29) is 0 Å². The summed E-state index contributed by atoms with van der Waals surface area (Å²) < 4.78 is 5.65. The number of hydrogen-bond donors (Lipinski definition) is 0. The van der Waals surface area contributed by atoms with Crippen molar-refractivity contribution in [3.05, 3.63) is 46.8 Å². The maximum atomic E-state index is 5.65. The van der Waals surface area contributed by atoms with Crippen molar-refractivity contribution < 1.29 is 4.74 Å². The lowest BCUT2D eigenvalue weighted by molar-refractivity contribution is 0.250. The fourth-order valence-electron chi connectivity index (χ4n) is 1.90. The van der Waals surface area contributed by atoms with Crippen LogP contribution in [0.5, 0.6) is 0 Å². The Kier molecular flexibility index (Phi) is 3.09. The van der Waals surface area contributed by atoms with Crippen molar-refractivity contribution in [3.8, 4) is 0 Å². The Morgan fingerprint density at radius 2 is 2.00 bits per heavy atom. The first kappa shape index (κ1) is 10.9. The second-order valence-corrected chi connectivity index (χ2v) is 4.02. The van der Waals surface area contributed by atoms with Crippen LogP contribution in [0.3, 0.4) is 0 Å². The van der Waals surface area contributed by atoms with Crippen molar-refractivity contribution >= 4 is 5.71 Å². The highest BCUT2D eigenvalue weighted by molar-refractivity contribution is 6.03. The highest BCUT2D eigenvalue weighted by Gasteiger charge is 2.14. The molecule has 0 unspecified atom stereocenters. The Balaban J connectivity index is 2.40. The molecule has 0 fully saturated rings. The van der Waals surface area contributed by atoms with Crippen molar-refractivity contribution in [1.29, 1.82) is 0 Å². The zero-order chi connectivity index (χ0) is 11.5. The average molecular weight is 215 g/mol. The van der Waals surface area contributed by atoms with Crippen LogP contribution in [0.25, 0.3) is 0 Å². The van der Waals surface area contributed by atoms with Gasteiger partial charge < -0.3 is 4.74 Å². The number of benzene rings is 1. The predicted molar refractivity (Wildman–Crippen MR) is 66.7 cm³/mol. The minimum Gasteiger partial charge on any atom is -0.490 e. The third-order valence-corrected chi connectivity index (χ3v) is 2.89. The van der Waals surface area contributed by atoms with E-state index < -0.39 is 0 Å². The largest absolute Gasteiger partial charge is 0.490 e. The molecule has 0 bridgehead atoms. The molecule has 0 aliphatic carbocycles. The molecule has 1 aliphatic heterocycles. The van der Waals surface area contributed by atoms with E-state index in [1.165, 1.54) is 11.1 Å². The maximum absolute atomic E-state index is 5.65. The molecule has 84 valence electrons. The minimum absolute atomic E-state index is 0.584. The lowest BCUT2D eigenvalue weighted by Crippen LogP contribution is -2.16. The number of ether oxygens (including phenoxy) is 1. The second-order valence-electron chi connectivity index (χ2n) is 4.02. The van der Waals surface area contributed by atoms with Crippen LogP contribution in [0.1, 0.15) is 31.4 Å². The molecular weight excluding hydrogens is 198 g/mol. The third kappa shape index (κ3) is 2.01. The van der Waals surface area contributed by atoms with Crippen LogP contribution in [0.15, 0.2) is 40.7 Å². The topological polar surface area (TPSA) is 21.6 Å². The molecule has 0 atom stereocenters. The normalized spacial score (nSPS) is 15.8. The number of nitrogens with zero attached hydrogens (tertiary/aromatic N) is 1. The Hall–Kier alpha value is -1.57. The fraction of sp³-hybridized carbons (Fsp3) is 0.357. The van der Waals surface area contributed by atoms with Gasteiger partial charge >= 0.3 is 0 Å². The van der Waals surface area contributed by atoms with Gasteiger partial charge in [-0.15, -0.1) is 0 Å². The van der Waals surface area contributed by atoms with E-state index in [0.717, 1.165) is 23.6 Å². The van der Waals surface area contributed by atoms with Crippen LogP contribution < -0.4 is 0 Å². The van der Waals surface area contributed by atoms with E-state index in [0.29, 0.717) is 6.61 Å². The molecule has 0 radical (unpaired) electrons. The predicted octanol–water partition coefficient (Wildman–Crippen LogP) is 3.46.